The van der Waals surface area contributed by atoms with E-state index in [0.717, 1.165) is 16.6 Å². The van der Waals surface area contributed by atoms with Crippen LogP contribution in [0, 0.1) is 0 Å². The molecular formula is C12H15BrO. The van der Waals surface area contributed by atoms with Crippen molar-refractivity contribution in [3.63, 3.8) is 0 Å². The number of para-hydroxylation sites is 1. The maximum atomic E-state index is 5.68. The van der Waals surface area contributed by atoms with Gasteiger partial charge in [-0.1, -0.05) is 46.3 Å². The Labute approximate surface area is 93.9 Å². The van der Waals surface area contributed by atoms with E-state index in [1.165, 1.54) is 0 Å². The highest BCUT2D eigenvalue weighted by molar-refractivity contribution is 9.09. The SMILES string of the molecule is CC(C)Oc1ccccc1C=CCBr. The number of halogens is 1. The van der Waals surface area contributed by atoms with Gasteiger partial charge in [-0.25, -0.2) is 0 Å². The van der Waals surface area contributed by atoms with Gasteiger partial charge in [-0.05, 0) is 19.9 Å². The van der Waals surface area contributed by atoms with Crippen molar-refractivity contribution in [2.45, 2.75) is 20.0 Å². The van der Waals surface area contributed by atoms with Gasteiger partial charge in [0.25, 0.3) is 0 Å². The van der Waals surface area contributed by atoms with Gasteiger partial charge in [-0.2, -0.15) is 0 Å². The molecule has 0 bridgehead atoms. The molecule has 1 aromatic rings. The second-order valence-electron chi connectivity index (χ2n) is 3.26. The van der Waals surface area contributed by atoms with Gasteiger partial charge in [-0.15, -0.1) is 0 Å². The molecule has 0 spiro atoms. The lowest BCUT2D eigenvalue weighted by Gasteiger charge is -2.11. The van der Waals surface area contributed by atoms with E-state index < -0.39 is 0 Å². The molecule has 0 atom stereocenters. The summed E-state index contributed by atoms with van der Waals surface area (Å²) in [5.74, 6) is 0.944. The molecule has 1 rings (SSSR count). The van der Waals surface area contributed by atoms with Crippen LogP contribution in [-0.4, -0.2) is 11.4 Å². The molecule has 76 valence electrons. The summed E-state index contributed by atoms with van der Waals surface area (Å²) in [6, 6.07) is 8.05. The fourth-order valence-corrected chi connectivity index (χ4v) is 1.34. The molecule has 0 fully saturated rings. The summed E-state index contributed by atoms with van der Waals surface area (Å²) in [6.45, 7) is 4.07. The Morgan fingerprint density at radius 1 is 1.36 bits per heavy atom. The highest BCUT2D eigenvalue weighted by atomic mass is 79.9. The van der Waals surface area contributed by atoms with Gasteiger partial charge in [0.05, 0.1) is 6.10 Å². The summed E-state index contributed by atoms with van der Waals surface area (Å²) in [7, 11) is 0. The highest BCUT2D eigenvalue weighted by Crippen LogP contribution is 2.20. The third kappa shape index (κ3) is 3.54. The third-order valence-corrected chi connectivity index (χ3v) is 2.04. The van der Waals surface area contributed by atoms with Gasteiger partial charge >= 0.3 is 0 Å². The first-order valence-corrected chi connectivity index (χ1v) is 5.84. The Balaban J connectivity index is 2.85. The van der Waals surface area contributed by atoms with Crippen molar-refractivity contribution in [2.75, 3.05) is 5.33 Å². The van der Waals surface area contributed by atoms with Crippen molar-refractivity contribution in [3.05, 3.63) is 35.9 Å². The van der Waals surface area contributed by atoms with Crippen LogP contribution in [0.1, 0.15) is 19.4 Å². The van der Waals surface area contributed by atoms with Crippen molar-refractivity contribution in [3.8, 4) is 5.75 Å². The van der Waals surface area contributed by atoms with Crippen molar-refractivity contribution in [2.24, 2.45) is 0 Å². The van der Waals surface area contributed by atoms with Gasteiger partial charge in [0.1, 0.15) is 5.75 Å². The summed E-state index contributed by atoms with van der Waals surface area (Å²) >= 11 is 3.35. The van der Waals surface area contributed by atoms with Crippen LogP contribution >= 0.6 is 15.9 Å². The number of hydrogen-bond acceptors (Lipinski definition) is 1. The topological polar surface area (TPSA) is 9.23 Å². The van der Waals surface area contributed by atoms with E-state index >= 15 is 0 Å². The molecule has 0 heterocycles. The molecule has 0 aromatic heterocycles. The lowest BCUT2D eigenvalue weighted by atomic mass is 10.2. The van der Waals surface area contributed by atoms with Gasteiger partial charge in [0.2, 0.25) is 0 Å². The van der Waals surface area contributed by atoms with Crippen LogP contribution < -0.4 is 4.74 Å². The van der Waals surface area contributed by atoms with Crippen molar-refractivity contribution in [1.29, 1.82) is 0 Å². The van der Waals surface area contributed by atoms with Crippen LogP contribution in [-0.2, 0) is 0 Å². The van der Waals surface area contributed by atoms with Crippen LogP contribution in [0.5, 0.6) is 5.75 Å². The molecule has 0 amide bonds. The summed E-state index contributed by atoms with van der Waals surface area (Å²) in [6.07, 6.45) is 4.34. The Bertz CT molecular complexity index is 305. The van der Waals surface area contributed by atoms with E-state index in [9.17, 15) is 0 Å². The van der Waals surface area contributed by atoms with Crippen LogP contribution in [0.4, 0.5) is 0 Å². The number of benzene rings is 1. The molecule has 0 aliphatic carbocycles. The molecule has 0 radical (unpaired) electrons. The second kappa shape index (κ2) is 5.86. The molecule has 0 saturated heterocycles. The first-order valence-electron chi connectivity index (χ1n) is 4.72. The molecule has 2 heteroatoms. The van der Waals surface area contributed by atoms with E-state index in [1.807, 2.05) is 32.0 Å². The largest absolute Gasteiger partial charge is 0.490 e. The lowest BCUT2D eigenvalue weighted by Crippen LogP contribution is -2.06. The molecule has 0 saturated carbocycles. The quantitative estimate of drug-likeness (QED) is 0.742. The maximum absolute atomic E-state index is 5.68. The summed E-state index contributed by atoms with van der Waals surface area (Å²) in [5.41, 5.74) is 1.13. The highest BCUT2D eigenvalue weighted by Gasteiger charge is 2.00. The Kier molecular flexibility index (Phi) is 4.74. The van der Waals surface area contributed by atoms with Crippen molar-refractivity contribution < 1.29 is 4.74 Å². The summed E-state index contributed by atoms with van der Waals surface area (Å²) < 4.78 is 5.68. The molecule has 1 aromatic carbocycles. The van der Waals surface area contributed by atoms with Crippen LogP contribution in [0.15, 0.2) is 30.3 Å². The van der Waals surface area contributed by atoms with E-state index in [4.69, 9.17) is 4.74 Å². The summed E-state index contributed by atoms with van der Waals surface area (Å²) in [5, 5.41) is 0.864. The van der Waals surface area contributed by atoms with Crippen molar-refractivity contribution in [1.82, 2.24) is 0 Å². The molecule has 0 aliphatic rings. The number of ether oxygens (including phenoxy) is 1. The molecular weight excluding hydrogens is 240 g/mol. The zero-order valence-electron chi connectivity index (χ0n) is 8.53. The Morgan fingerprint density at radius 3 is 2.71 bits per heavy atom. The minimum absolute atomic E-state index is 0.216. The van der Waals surface area contributed by atoms with E-state index in [2.05, 4.69) is 34.1 Å². The Morgan fingerprint density at radius 2 is 2.07 bits per heavy atom. The fourth-order valence-electron chi connectivity index (χ4n) is 1.15. The second-order valence-corrected chi connectivity index (χ2v) is 3.91. The van der Waals surface area contributed by atoms with Crippen LogP contribution in [0.3, 0.4) is 0 Å². The van der Waals surface area contributed by atoms with Crippen molar-refractivity contribution >= 4 is 22.0 Å². The Hall–Kier alpha value is -0.760. The summed E-state index contributed by atoms with van der Waals surface area (Å²) in [4.78, 5) is 0. The van der Waals surface area contributed by atoms with Gasteiger partial charge < -0.3 is 4.74 Å². The number of hydrogen-bond donors (Lipinski definition) is 0. The standard InChI is InChI=1S/C12H15BrO/c1-10(2)14-12-8-4-3-6-11(12)7-5-9-13/h3-8,10H,9H2,1-2H3. The van der Waals surface area contributed by atoms with E-state index in [1.54, 1.807) is 0 Å². The predicted octanol–water partition coefficient (Wildman–Crippen LogP) is 3.88. The van der Waals surface area contributed by atoms with Crippen LogP contribution in [0.2, 0.25) is 0 Å². The first-order chi connectivity index (χ1) is 6.74. The van der Waals surface area contributed by atoms with Gasteiger partial charge in [0, 0.05) is 10.9 Å². The van der Waals surface area contributed by atoms with Gasteiger partial charge in [0.15, 0.2) is 0 Å². The third-order valence-electron chi connectivity index (χ3n) is 1.67. The van der Waals surface area contributed by atoms with Gasteiger partial charge in [-0.3, -0.25) is 0 Å². The van der Waals surface area contributed by atoms with E-state index in [-0.39, 0.29) is 6.10 Å². The average molecular weight is 255 g/mol. The normalized spacial score (nSPS) is 11.1. The zero-order valence-corrected chi connectivity index (χ0v) is 10.1. The van der Waals surface area contributed by atoms with Crippen LogP contribution in [0.25, 0.3) is 6.08 Å². The molecule has 1 nitrogen and oxygen atoms in total. The fraction of sp³-hybridized carbons (Fsp3) is 0.333. The van der Waals surface area contributed by atoms with E-state index in [0.29, 0.717) is 0 Å². The average Bonchev–Trinajstić information content (AvgIpc) is 2.16. The molecule has 0 N–H and O–H groups in total. The lowest BCUT2D eigenvalue weighted by molar-refractivity contribution is 0.242. The molecule has 0 aliphatic heterocycles. The number of rotatable bonds is 4. The number of allylic oxidation sites excluding steroid dienone is 1. The monoisotopic (exact) mass is 254 g/mol. The minimum Gasteiger partial charge on any atom is -0.490 e. The smallest absolute Gasteiger partial charge is 0.126 e. The maximum Gasteiger partial charge on any atom is 0.126 e. The predicted molar refractivity (Wildman–Crippen MR) is 65.0 cm³/mol. The molecule has 0 unspecified atom stereocenters. The first kappa shape index (κ1) is 11.3. The number of alkyl halides is 1. The zero-order chi connectivity index (χ0) is 10.4. The minimum atomic E-state index is 0.216. The molecule has 14 heavy (non-hydrogen) atoms.